The van der Waals surface area contributed by atoms with E-state index in [1.54, 1.807) is 41.3 Å². The Hall–Kier alpha value is -3.56. The van der Waals surface area contributed by atoms with E-state index in [0.717, 1.165) is 48.8 Å². The second kappa shape index (κ2) is 15.1. The number of unbranched alkanes of at least 4 members (excludes halogenated alkanes) is 2. The lowest BCUT2D eigenvalue weighted by molar-refractivity contribution is -0.141. The molecule has 9 heteroatoms. The van der Waals surface area contributed by atoms with E-state index >= 15 is 0 Å². The van der Waals surface area contributed by atoms with Gasteiger partial charge in [0.15, 0.2) is 0 Å². The molecule has 2 N–H and O–H groups in total. The molecule has 1 saturated carbocycles. The van der Waals surface area contributed by atoms with Crippen LogP contribution in [-0.4, -0.2) is 43.8 Å². The minimum absolute atomic E-state index is 0.0204. The third-order valence-corrected chi connectivity index (χ3v) is 8.91. The number of nitrogens with one attached hydrogen (secondary N) is 2. The predicted octanol–water partition coefficient (Wildman–Crippen LogP) is 5.15. The summed E-state index contributed by atoms with van der Waals surface area (Å²) >= 11 is 0. The van der Waals surface area contributed by atoms with Crippen LogP contribution in [0.4, 0.5) is 4.39 Å². The number of carbonyl (C=O) groups excluding carboxylic acids is 2. The van der Waals surface area contributed by atoms with Gasteiger partial charge in [0, 0.05) is 32.0 Å². The molecule has 1 aliphatic rings. The van der Waals surface area contributed by atoms with Crippen LogP contribution in [0.3, 0.4) is 0 Å². The van der Waals surface area contributed by atoms with Crippen molar-refractivity contribution < 1.29 is 22.4 Å². The highest BCUT2D eigenvalue weighted by atomic mass is 32.2. The Bertz CT molecular complexity index is 1410. The van der Waals surface area contributed by atoms with Crippen LogP contribution in [0, 0.1) is 5.82 Å². The first-order valence-electron chi connectivity index (χ1n) is 14.7. The van der Waals surface area contributed by atoms with Crippen LogP contribution in [0.15, 0.2) is 83.8 Å². The second-order valence-corrected chi connectivity index (χ2v) is 12.6. The molecule has 224 valence electrons. The van der Waals surface area contributed by atoms with E-state index in [2.05, 4.69) is 17.0 Å². The number of sulfonamides is 1. The molecule has 0 aliphatic heterocycles. The topological polar surface area (TPSA) is 95.6 Å². The number of benzene rings is 3. The fraction of sp³-hybridized carbons (Fsp3) is 0.394. The van der Waals surface area contributed by atoms with Crippen LogP contribution >= 0.6 is 0 Å². The summed E-state index contributed by atoms with van der Waals surface area (Å²) < 4.78 is 41.3. The number of carbonyl (C=O) groups is 2. The minimum atomic E-state index is -3.55. The summed E-state index contributed by atoms with van der Waals surface area (Å²) in [5.74, 6) is -0.803. The molecule has 3 aromatic rings. The largest absolute Gasteiger partial charge is 0.354 e. The number of nitrogens with zero attached hydrogens (tertiary/aromatic N) is 1. The molecule has 0 heterocycles. The van der Waals surface area contributed by atoms with Gasteiger partial charge in [-0.25, -0.2) is 17.5 Å². The average Bonchev–Trinajstić information content (AvgIpc) is 3.81. The van der Waals surface area contributed by atoms with E-state index in [0.29, 0.717) is 19.4 Å². The van der Waals surface area contributed by atoms with Gasteiger partial charge in [-0.15, -0.1) is 0 Å². The summed E-state index contributed by atoms with van der Waals surface area (Å²) in [6.07, 6.45) is 5.45. The molecular formula is C33H40FN3O4S. The quantitative estimate of drug-likeness (QED) is 0.225. The van der Waals surface area contributed by atoms with Gasteiger partial charge in [-0.3, -0.25) is 9.59 Å². The van der Waals surface area contributed by atoms with Crippen LogP contribution < -0.4 is 10.0 Å². The number of amides is 2. The monoisotopic (exact) mass is 593 g/mol. The number of rotatable bonds is 16. The minimum Gasteiger partial charge on any atom is -0.354 e. The van der Waals surface area contributed by atoms with Gasteiger partial charge in [-0.05, 0) is 66.6 Å². The summed E-state index contributed by atoms with van der Waals surface area (Å²) in [7, 11) is -3.55. The number of aryl methyl sites for hydroxylation is 1. The zero-order valence-electron chi connectivity index (χ0n) is 24.1. The third kappa shape index (κ3) is 9.49. The molecule has 0 spiro atoms. The zero-order chi connectivity index (χ0) is 30.0. The summed E-state index contributed by atoms with van der Waals surface area (Å²) in [6, 6.07) is 21.4. The van der Waals surface area contributed by atoms with Crippen LogP contribution in [0.5, 0.6) is 0 Å². The highest BCUT2D eigenvalue weighted by Gasteiger charge is 2.30. The molecule has 1 aliphatic carbocycles. The Kier molecular flexibility index (Phi) is 11.3. The van der Waals surface area contributed by atoms with Crippen LogP contribution in [0.2, 0.25) is 0 Å². The lowest BCUT2D eigenvalue weighted by Gasteiger charge is -2.31. The molecule has 0 radical (unpaired) electrons. The SMILES string of the molecule is CCCCCNC(=O)C(Cc1ccccc1)N(Cc1ccc(F)cc1)C(=O)CCc1ccc(S(=O)(=O)NC2CC2)cc1. The first kappa shape index (κ1) is 31.4. The van der Waals surface area contributed by atoms with Gasteiger partial charge in [-0.1, -0.05) is 74.4 Å². The van der Waals surface area contributed by atoms with Crippen molar-refractivity contribution in [2.45, 2.75) is 81.8 Å². The summed E-state index contributed by atoms with van der Waals surface area (Å²) in [5.41, 5.74) is 2.47. The average molecular weight is 594 g/mol. The first-order valence-corrected chi connectivity index (χ1v) is 16.2. The predicted molar refractivity (Wildman–Crippen MR) is 162 cm³/mol. The maximum Gasteiger partial charge on any atom is 0.243 e. The molecule has 7 nitrogen and oxygen atoms in total. The Balaban J connectivity index is 1.52. The van der Waals surface area contributed by atoms with E-state index in [-0.39, 0.29) is 41.5 Å². The molecule has 3 aromatic carbocycles. The maximum atomic E-state index is 13.8. The molecule has 4 rings (SSSR count). The zero-order valence-corrected chi connectivity index (χ0v) is 24.9. The maximum absolute atomic E-state index is 13.8. The molecular weight excluding hydrogens is 553 g/mol. The Morgan fingerprint density at radius 2 is 1.57 bits per heavy atom. The molecule has 1 atom stereocenters. The van der Waals surface area contributed by atoms with E-state index < -0.39 is 16.1 Å². The first-order chi connectivity index (χ1) is 20.2. The van der Waals surface area contributed by atoms with Crippen molar-refractivity contribution in [3.8, 4) is 0 Å². The number of halogens is 1. The van der Waals surface area contributed by atoms with E-state index in [9.17, 15) is 22.4 Å². The van der Waals surface area contributed by atoms with Crippen molar-refractivity contribution in [2.75, 3.05) is 6.54 Å². The van der Waals surface area contributed by atoms with E-state index in [1.807, 2.05) is 30.3 Å². The molecule has 0 bridgehead atoms. The van der Waals surface area contributed by atoms with Crippen molar-refractivity contribution in [3.05, 3.63) is 101 Å². The highest BCUT2D eigenvalue weighted by Crippen LogP contribution is 2.23. The van der Waals surface area contributed by atoms with Gasteiger partial charge in [0.1, 0.15) is 11.9 Å². The standard InChI is InChI=1S/C33H40FN3O4S/c1-2-3-7-22-35-33(39)31(23-26-8-5-4-6-9-26)37(24-27-10-15-28(34)16-11-27)32(38)21-14-25-12-19-30(20-13-25)42(40,41)36-29-17-18-29/h4-6,8-13,15-16,19-20,29,31,36H,2-3,7,14,17-18,21-24H2,1H3,(H,35,39). The van der Waals surface area contributed by atoms with Gasteiger partial charge in [0.25, 0.3) is 0 Å². The smallest absolute Gasteiger partial charge is 0.243 e. The number of hydrogen-bond acceptors (Lipinski definition) is 4. The Morgan fingerprint density at radius 3 is 2.21 bits per heavy atom. The Labute approximate surface area is 248 Å². The van der Waals surface area contributed by atoms with Crippen molar-refractivity contribution in [1.29, 1.82) is 0 Å². The molecule has 2 amide bonds. The lowest BCUT2D eigenvalue weighted by atomic mass is 10.0. The van der Waals surface area contributed by atoms with E-state index in [4.69, 9.17) is 0 Å². The molecule has 1 unspecified atom stereocenters. The lowest BCUT2D eigenvalue weighted by Crippen LogP contribution is -2.50. The van der Waals surface area contributed by atoms with Crippen LogP contribution in [0.1, 0.15) is 62.1 Å². The van der Waals surface area contributed by atoms with Gasteiger partial charge < -0.3 is 10.2 Å². The summed E-state index contributed by atoms with van der Waals surface area (Å²) in [4.78, 5) is 29.2. The van der Waals surface area contributed by atoms with Crippen molar-refractivity contribution in [3.63, 3.8) is 0 Å². The van der Waals surface area contributed by atoms with E-state index in [1.165, 1.54) is 12.1 Å². The van der Waals surface area contributed by atoms with Gasteiger partial charge in [0.05, 0.1) is 4.90 Å². The van der Waals surface area contributed by atoms with Crippen molar-refractivity contribution >= 4 is 21.8 Å². The molecule has 0 saturated heterocycles. The molecule has 1 fully saturated rings. The highest BCUT2D eigenvalue weighted by molar-refractivity contribution is 7.89. The summed E-state index contributed by atoms with van der Waals surface area (Å²) in [5, 5.41) is 3.02. The fourth-order valence-corrected chi connectivity index (χ4v) is 6.07. The van der Waals surface area contributed by atoms with Crippen LogP contribution in [0.25, 0.3) is 0 Å². The molecule has 0 aromatic heterocycles. The van der Waals surface area contributed by atoms with Gasteiger partial charge in [-0.2, -0.15) is 0 Å². The van der Waals surface area contributed by atoms with Gasteiger partial charge in [0.2, 0.25) is 21.8 Å². The van der Waals surface area contributed by atoms with Crippen molar-refractivity contribution in [1.82, 2.24) is 14.9 Å². The second-order valence-electron chi connectivity index (χ2n) is 10.9. The fourth-order valence-electron chi connectivity index (χ4n) is 4.76. The van der Waals surface area contributed by atoms with Gasteiger partial charge >= 0.3 is 0 Å². The Morgan fingerprint density at radius 1 is 0.905 bits per heavy atom. The third-order valence-electron chi connectivity index (χ3n) is 7.38. The molecule has 42 heavy (non-hydrogen) atoms. The van der Waals surface area contributed by atoms with Crippen LogP contribution in [-0.2, 0) is 39.0 Å². The normalized spacial score (nSPS) is 13.9. The summed E-state index contributed by atoms with van der Waals surface area (Å²) in [6.45, 7) is 2.78. The number of hydrogen-bond donors (Lipinski definition) is 2. The van der Waals surface area contributed by atoms with Crippen molar-refractivity contribution in [2.24, 2.45) is 0 Å².